The summed E-state index contributed by atoms with van der Waals surface area (Å²) in [6, 6.07) is 10.8. The van der Waals surface area contributed by atoms with Gasteiger partial charge in [-0.25, -0.2) is 0 Å². The van der Waals surface area contributed by atoms with Crippen molar-refractivity contribution in [1.82, 2.24) is 14.7 Å². The number of rotatable bonds is 5. The molecule has 3 rings (SSSR count). The van der Waals surface area contributed by atoms with E-state index in [0.717, 1.165) is 45.4 Å². The van der Waals surface area contributed by atoms with Crippen molar-refractivity contribution in [3.63, 3.8) is 0 Å². The van der Waals surface area contributed by atoms with E-state index in [4.69, 9.17) is 4.74 Å². The quantitative estimate of drug-likeness (QED) is 0.793. The molecule has 5 heteroatoms. The molecule has 5 nitrogen and oxygen atoms in total. The summed E-state index contributed by atoms with van der Waals surface area (Å²) in [6.07, 6.45) is 3.51. The van der Waals surface area contributed by atoms with E-state index in [-0.39, 0.29) is 11.9 Å². The molecular weight excluding hydrogens is 338 g/mol. The lowest BCUT2D eigenvalue weighted by atomic mass is 9.99. The van der Waals surface area contributed by atoms with Gasteiger partial charge in [0.1, 0.15) is 0 Å². The first kappa shape index (κ1) is 20.3. The van der Waals surface area contributed by atoms with Gasteiger partial charge in [-0.05, 0) is 52.8 Å². The molecule has 2 heterocycles. The Morgan fingerprint density at radius 1 is 1.11 bits per heavy atom. The highest BCUT2D eigenvalue weighted by Crippen LogP contribution is 2.22. The molecule has 0 radical (unpaired) electrons. The fourth-order valence-corrected chi connectivity index (χ4v) is 4.51. The summed E-state index contributed by atoms with van der Waals surface area (Å²) in [5.74, 6) is 0.269. The van der Waals surface area contributed by atoms with Gasteiger partial charge in [0.15, 0.2) is 0 Å². The van der Waals surface area contributed by atoms with Gasteiger partial charge in [-0.2, -0.15) is 0 Å². The smallest absolute Gasteiger partial charge is 0.240 e. The lowest BCUT2D eigenvalue weighted by Gasteiger charge is -2.44. The van der Waals surface area contributed by atoms with Crippen molar-refractivity contribution in [2.75, 3.05) is 40.3 Å². The lowest BCUT2D eigenvalue weighted by molar-refractivity contribution is -0.138. The maximum Gasteiger partial charge on any atom is 0.240 e. The fraction of sp³-hybridized carbons (Fsp3) is 0.682. The highest BCUT2D eigenvalue weighted by atomic mass is 16.5. The highest BCUT2D eigenvalue weighted by molar-refractivity contribution is 5.82. The molecule has 0 N–H and O–H groups in total. The van der Waals surface area contributed by atoms with Gasteiger partial charge in [-0.15, -0.1) is 0 Å². The second-order valence-electron chi connectivity index (χ2n) is 8.44. The molecule has 0 spiro atoms. The fourth-order valence-electron chi connectivity index (χ4n) is 4.51. The lowest BCUT2D eigenvalue weighted by Crippen LogP contribution is -2.55. The third-order valence-electron chi connectivity index (χ3n) is 5.92. The summed E-state index contributed by atoms with van der Waals surface area (Å²) in [7, 11) is 4.02. The zero-order chi connectivity index (χ0) is 19.4. The Kier molecular flexibility index (Phi) is 6.90. The van der Waals surface area contributed by atoms with E-state index >= 15 is 0 Å². The molecular formula is C22H35N3O2. The first-order valence-electron chi connectivity index (χ1n) is 10.3. The average Bonchev–Trinajstić information content (AvgIpc) is 2.65. The van der Waals surface area contributed by atoms with Crippen LogP contribution in [0.15, 0.2) is 30.3 Å². The van der Waals surface area contributed by atoms with Crippen molar-refractivity contribution < 1.29 is 9.53 Å². The van der Waals surface area contributed by atoms with Crippen molar-refractivity contribution in [3.8, 4) is 0 Å². The van der Waals surface area contributed by atoms with E-state index < -0.39 is 0 Å². The largest absolute Gasteiger partial charge is 0.373 e. The van der Waals surface area contributed by atoms with Gasteiger partial charge < -0.3 is 9.64 Å². The standard InChI is InChI=1S/C22H35N3O2/c1-17-15-25(16-18(2)27-17)20-10-12-24(13-11-20)22(26)21(23(3)4)14-19-8-6-5-7-9-19/h5-9,17-18,20-21H,10-16H2,1-4H3/t17-,18+,21-/m0/s1. The number of carbonyl (C=O) groups excluding carboxylic acids is 1. The van der Waals surface area contributed by atoms with Crippen LogP contribution in [-0.4, -0.2) is 85.2 Å². The molecule has 2 fully saturated rings. The van der Waals surface area contributed by atoms with Crippen molar-refractivity contribution >= 4 is 5.91 Å². The Bertz CT molecular complexity index is 589. The molecule has 0 unspecified atom stereocenters. The van der Waals surface area contributed by atoms with Gasteiger partial charge in [0, 0.05) is 32.2 Å². The average molecular weight is 374 g/mol. The number of ether oxygens (including phenoxy) is 1. The molecule has 2 aliphatic heterocycles. The zero-order valence-electron chi connectivity index (χ0n) is 17.3. The van der Waals surface area contributed by atoms with Crippen molar-refractivity contribution in [3.05, 3.63) is 35.9 Å². The molecule has 0 aliphatic carbocycles. The normalized spacial score (nSPS) is 26.3. The summed E-state index contributed by atoms with van der Waals surface area (Å²) in [5, 5.41) is 0. The third-order valence-corrected chi connectivity index (χ3v) is 5.92. The van der Waals surface area contributed by atoms with Crippen LogP contribution < -0.4 is 0 Å². The summed E-state index contributed by atoms with van der Waals surface area (Å²) in [6.45, 7) is 8.07. The van der Waals surface area contributed by atoms with Crippen LogP contribution in [0.25, 0.3) is 0 Å². The number of benzene rings is 1. The predicted octanol–water partition coefficient (Wildman–Crippen LogP) is 2.26. The van der Waals surface area contributed by atoms with Crippen molar-refractivity contribution in [1.29, 1.82) is 0 Å². The van der Waals surface area contributed by atoms with Crippen LogP contribution in [0.2, 0.25) is 0 Å². The molecule has 1 amide bonds. The Morgan fingerprint density at radius 3 is 2.26 bits per heavy atom. The second kappa shape index (κ2) is 9.18. The molecule has 0 bridgehead atoms. The first-order chi connectivity index (χ1) is 12.9. The Labute approximate surface area is 164 Å². The minimum Gasteiger partial charge on any atom is -0.373 e. The first-order valence-corrected chi connectivity index (χ1v) is 10.3. The number of hydrogen-bond acceptors (Lipinski definition) is 4. The number of piperidine rings is 1. The molecule has 150 valence electrons. The number of hydrogen-bond donors (Lipinski definition) is 0. The van der Waals surface area contributed by atoms with Gasteiger partial charge in [-0.1, -0.05) is 30.3 Å². The summed E-state index contributed by atoms with van der Waals surface area (Å²) in [4.78, 5) is 19.9. The van der Waals surface area contributed by atoms with Crippen LogP contribution in [0.3, 0.4) is 0 Å². The number of amides is 1. The SMILES string of the molecule is C[C@@H]1CN(C2CCN(C(=O)[C@H](Cc3ccccc3)N(C)C)CC2)C[C@H](C)O1. The predicted molar refractivity (Wildman–Crippen MR) is 109 cm³/mol. The van der Waals surface area contributed by atoms with Gasteiger partial charge in [0.05, 0.1) is 18.2 Å². The minimum absolute atomic E-state index is 0.0904. The maximum absolute atomic E-state index is 13.2. The second-order valence-corrected chi connectivity index (χ2v) is 8.44. The molecule has 0 saturated carbocycles. The van der Waals surface area contributed by atoms with Gasteiger partial charge in [0.25, 0.3) is 0 Å². The van der Waals surface area contributed by atoms with E-state index in [1.165, 1.54) is 5.56 Å². The van der Waals surface area contributed by atoms with Crippen LogP contribution in [0.4, 0.5) is 0 Å². The molecule has 27 heavy (non-hydrogen) atoms. The van der Waals surface area contributed by atoms with E-state index in [1.54, 1.807) is 0 Å². The topological polar surface area (TPSA) is 36.0 Å². The van der Waals surface area contributed by atoms with Crippen LogP contribution in [0.1, 0.15) is 32.3 Å². The maximum atomic E-state index is 13.2. The molecule has 2 saturated heterocycles. The Morgan fingerprint density at radius 2 is 1.70 bits per heavy atom. The monoisotopic (exact) mass is 373 g/mol. The van der Waals surface area contributed by atoms with Gasteiger partial charge in [-0.3, -0.25) is 14.6 Å². The molecule has 2 aliphatic rings. The van der Waals surface area contributed by atoms with Crippen LogP contribution in [-0.2, 0) is 16.0 Å². The summed E-state index contributed by atoms with van der Waals surface area (Å²) in [5.41, 5.74) is 1.22. The summed E-state index contributed by atoms with van der Waals surface area (Å²) < 4.78 is 5.87. The van der Waals surface area contributed by atoms with Gasteiger partial charge in [0.2, 0.25) is 5.91 Å². The number of morpholine rings is 1. The highest BCUT2D eigenvalue weighted by Gasteiger charge is 2.33. The number of likely N-dealkylation sites (tertiary alicyclic amines) is 1. The van der Waals surface area contributed by atoms with E-state index in [9.17, 15) is 4.79 Å². The van der Waals surface area contributed by atoms with Crippen molar-refractivity contribution in [2.24, 2.45) is 0 Å². The van der Waals surface area contributed by atoms with Gasteiger partial charge >= 0.3 is 0 Å². The van der Waals surface area contributed by atoms with Crippen LogP contribution in [0.5, 0.6) is 0 Å². The zero-order valence-corrected chi connectivity index (χ0v) is 17.3. The third kappa shape index (κ3) is 5.31. The van der Waals surface area contributed by atoms with E-state index in [2.05, 4.69) is 40.7 Å². The van der Waals surface area contributed by atoms with E-state index in [0.29, 0.717) is 18.2 Å². The molecule has 1 aromatic rings. The summed E-state index contributed by atoms with van der Waals surface area (Å²) >= 11 is 0. The Hall–Kier alpha value is -1.43. The molecule has 1 aromatic carbocycles. The number of likely N-dealkylation sites (N-methyl/N-ethyl adjacent to an activating group) is 1. The number of nitrogens with zero attached hydrogens (tertiary/aromatic N) is 3. The van der Waals surface area contributed by atoms with E-state index in [1.807, 2.05) is 32.3 Å². The van der Waals surface area contributed by atoms with Crippen LogP contribution in [0, 0.1) is 0 Å². The van der Waals surface area contributed by atoms with Crippen LogP contribution >= 0.6 is 0 Å². The number of carbonyl (C=O) groups is 1. The minimum atomic E-state index is -0.0904. The van der Waals surface area contributed by atoms with Crippen molar-refractivity contribution in [2.45, 2.75) is 57.4 Å². The molecule has 3 atom stereocenters. The Balaban J connectivity index is 1.56. The molecule has 0 aromatic heterocycles.